The van der Waals surface area contributed by atoms with Crippen molar-refractivity contribution in [2.45, 2.75) is 25.3 Å². The summed E-state index contributed by atoms with van der Waals surface area (Å²) in [7, 11) is 1.60. The van der Waals surface area contributed by atoms with Crippen LogP contribution >= 0.6 is 11.8 Å². The zero-order valence-electron chi connectivity index (χ0n) is 10.1. The Bertz CT molecular complexity index is 266. The third-order valence-corrected chi connectivity index (χ3v) is 3.90. The number of carboxylic acid groups (broad SMARTS) is 1. The van der Waals surface area contributed by atoms with Crippen LogP contribution in [0.25, 0.3) is 0 Å². The Labute approximate surface area is 105 Å². The third-order valence-electron chi connectivity index (χ3n) is 2.76. The molecule has 1 atom stereocenters. The summed E-state index contributed by atoms with van der Waals surface area (Å²) in [5.74, 6) is 1.02. The lowest BCUT2D eigenvalue weighted by atomic mass is 10.2. The number of hydrogen-bond donors (Lipinski definition) is 1. The predicted molar refractivity (Wildman–Crippen MR) is 66.2 cm³/mol. The third kappa shape index (κ3) is 4.95. The van der Waals surface area contributed by atoms with Crippen LogP contribution in [-0.2, 0) is 14.3 Å². The van der Waals surface area contributed by atoms with Crippen LogP contribution < -0.4 is 0 Å². The first kappa shape index (κ1) is 14.3. The molecule has 1 fully saturated rings. The summed E-state index contributed by atoms with van der Waals surface area (Å²) in [5.41, 5.74) is 0. The van der Waals surface area contributed by atoms with Crippen LogP contribution in [0.4, 0.5) is 0 Å². The van der Waals surface area contributed by atoms with E-state index in [1.54, 1.807) is 12.0 Å². The highest BCUT2D eigenvalue weighted by Gasteiger charge is 2.26. The lowest BCUT2D eigenvalue weighted by molar-refractivity contribution is -0.141. The summed E-state index contributed by atoms with van der Waals surface area (Å²) in [5, 5.41) is 8.59. The SMILES string of the molecule is COCCN(C(=O)CCC(=O)O)C1CCSC1. The van der Waals surface area contributed by atoms with Crippen molar-refractivity contribution >= 4 is 23.6 Å². The Balaban J connectivity index is 2.48. The molecule has 1 N–H and O–H groups in total. The minimum absolute atomic E-state index is 0.0723. The summed E-state index contributed by atoms with van der Waals surface area (Å²) >= 11 is 1.83. The molecule has 6 heteroatoms. The number of hydrogen-bond acceptors (Lipinski definition) is 4. The highest BCUT2D eigenvalue weighted by molar-refractivity contribution is 7.99. The van der Waals surface area contributed by atoms with Crippen LogP contribution in [0.2, 0.25) is 0 Å². The molecule has 1 heterocycles. The van der Waals surface area contributed by atoms with Gasteiger partial charge >= 0.3 is 5.97 Å². The molecule has 1 saturated heterocycles. The Morgan fingerprint density at radius 1 is 1.47 bits per heavy atom. The van der Waals surface area contributed by atoms with E-state index in [-0.39, 0.29) is 24.8 Å². The normalized spacial score (nSPS) is 19.2. The average Bonchev–Trinajstić information content (AvgIpc) is 2.80. The summed E-state index contributed by atoms with van der Waals surface area (Å²) in [6.45, 7) is 1.06. The van der Waals surface area contributed by atoms with Gasteiger partial charge in [0.2, 0.25) is 5.91 Å². The van der Waals surface area contributed by atoms with Gasteiger partial charge in [0.25, 0.3) is 0 Å². The lowest BCUT2D eigenvalue weighted by Gasteiger charge is -2.28. The molecule has 0 aromatic heterocycles. The van der Waals surface area contributed by atoms with E-state index in [0.29, 0.717) is 13.2 Å². The van der Waals surface area contributed by atoms with Gasteiger partial charge in [0, 0.05) is 31.9 Å². The Kier molecular flexibility index (Phi) is 6.36. The quantitative estimate of drug-likeness (QED) is 0.735. The van der Waals surface area contributed by atoms with Gasteiger partial charge in [-0.05, 0) is 12.2 Å². The van der Waals surface area contributed by atoms with Crippen molar-refractivity contribution in [3.05, 3.63) is 0 Å². The summed E-state index contributed by atoms with van der Waals surface area (Å²) < 4.78 is 4.99. The highest BCUT2D eigenvalue weighted by atomic mass is 32.2. The number of ether oxygens (including phenoxy) is 1. The van der Waals surface area contributed by atoms with Crippen molar-refractivity contribution in [3.8, 4) is 0 Å². The first-order valence-electron chi connectivity index (χ1n) is 5.73. The molecule has 0 saturated carbocycles. The van der Waals surface area contributed by atoms with Gasteiger partial charge < -0.3 is 14.7 Å². The maximum atomic E-state index is 11.9. The molecule has 0 aliphatic carbocycles. The molecule has 5 nitrogen and oxygen atoms in total. The second kappa shape index (κ2) is 7.55. The van der Waals surface area contributed by atoms with Gasteiger partial charge in [-0.15, -0.1) is 0 Å². The molecule has 0 bridgehead atoms. The molecule has 1 rings (SSSR count). The molecule has 1 unspecified atom stereocenters. The van der Waals surface area contributed by atoms with E-state index >= 15 is 0 Å². The molecule has 17 heavy (non-hydrogen) atoms. The molecular weight excluding hydrogens is 242 g/mol. The second-order valence-corrected chi connectivity index (χ2v) is 5.14. The first-order chi connectivity index (χ1) is 8.15. The smallest absolute Gasteiger partial charge is 0.303 e. The van der Waals surface area contributed by atoms with Gasteiger partial charge in [0.1, 0.15) is 0 Å². The van der Waals surface area contributed by atoms with E-state index in [1.165, 1.54) is 0 Å². The van der Waals surface area contributed by atoms with Crippen molar-refractivity contribution < 1.29 is 19.4 Å². The van der Waals surface area contributed by atoms with Gasteiger partial charge in [0.15, 0.2) is 0 Å². The summed E-state index contributed by atoms with van der Waals surface area (Å²) in [6, 6.07) is 0.247. The first-order valence-corrected chi connectivity index (χ1v) is 6.88. The maximum absolute atomic E-state index is 11.9. The number of thioether (sulfide) groups is 1. The largest absolute Gasteiger partial charge is 0.481 e. The molecule has 98 valence electrons. The van der Waals surface area contributed by atoms with Crippen LogP contribution in [0.3, 0.4) is 0 Å². The number of amides is 1. The zero-order chi connectivity index (χ0) is 12.7. The van der Waals surface area contributed by atoms with Crippen molar-refractivity contribution in [2.75, 3.05) is 31.8 Å². The Hall–Kier alpha value is -0.750. The van der Waals surface area contributed by atoms with Crippen LogP contribution in [0.5, 0.6) is 0 Å². The van der Waals surface area contributed by atoms with Crippen molar-refractivity contribution in [3.63, 3.8) is 0 Å². The fraction of sp³-hybridized carbons (Fsp3) is 0.818. The molecule has 0 aromatic carbocycles. The second-order valence-electron chi connectivity index (χ2n) is 3.99. The Morgan fingerprint density at radius 3 is 2.76 bits per heavy atom. The van der Waals surface area contributed by atoms with E-state index in [4.69, 9.17) is 9.84 Å². The number of rotatable bonds is 7. The van der Waals surface area contributed by atoms with Gasteiger partial charge in [-0.25, -0.2) is 0 Å². The zero-order valence-corrected chi connectivity index (χ0v) is 10.9. The van der Waals surface area contributed by atoms with E-state index in [1.807, 2.05) is 11.8 Å². The molecule has 0 radical (unpaired) electrons. The van der Waals surface area contributed by atoms with Crippen LogP contribution in [0.1, 0.15) is 19.3 Å². The summed E-state index contributed by atoms with van der Waals surface area (Å²) in [6.07, 6.45) is 0.982. The molecule has 0 aromatic rings. The van der Waals surface area contributed by atoms with Crippen LogP contribution in [-0.4, -0.2) is 59.7 Å². The summed E-state index contributed by atoms with van der Waals surface area (Å²) in [4.78, 5) is 24.2. The minimum Gasteiger partial charge on any atom is -0.481 e. The van der Waals surface area contributed by atoms with E-state index in [0.717, 1.165) is 17.9 Å². The number of carbonyl (C=O) groups is 2. The topological polar surface area (TPSA) is 66.8 Å². The number of aliphatic carboxylic acids is 1. The van der Waals surface area contributed by atoms with Crippen LogP contribution in [0, 0.1) is 0 Å². The predicted octanol–water partition coefficient (Wildman–Crippen LogP) is 0.832. The maximum Gasteiger partial charge on any atom is 0.303 e. The molecule has 0 spiro atoms. The molecule has 1 aliphatic heterocycles. The van der Waals surface area contributed by atoms with Gasteiger partial charge in [-0.3, -0.25) is 9.59 Å². The number of methoxy groups -OCH3 is 1. The molecular formula is C11H19NO4S. The van der Waals surface area contributed by atoms with Gasteiger partial charge in [-0.1, -0.05) is 0 Å². The Morgan fingerprint density at radius 2 is 2.24 bits per heavy atom. The molecule has 1 amide bonds. The number of carbonyl (C=O) groups excluding carboxylic acids is 1. The van der Waals surface area contributed by atoms with E-state index in [9.17, 15) is 9.59 Å². The minimum atomic E-state index is -0.925. The fourth-order valence-electron chi connectivity index (χ4n) is 1.83. The van der Waals surface area contributed by atoms with Crippen molar-refractivity contribution in [1.82, 2.24) is 4.90 Å². The van der Waals surface area contributed by atoms with Gasteiger partial charge in [0.05, 0.1) is 13.0 Å². The fourth-order valence-corrected chi connectivity index (χ4v) is 3.05. The number of nitrogens with zero attached hydrogens (tertiary/aromatic N) is 1. The van der Waals surface area contributed by atoms with E-state index < -0.39 is 5.97 Å². The van der Waals surface area contributed by atoms with Crippen molar-refractivity contribution in [1.29, 1.82) is 0 Å². The van der Waals surface area contributed by atoms with Crippen LogP contribution in [0.15, 0.2) is 0 Å². The highest BCUT2D eigenvalue weighted by Crippen LogP contribution is 2.23. The monoisotopic (exact) mass is 261 g/mol. The van der Waals surface area contributed by atoms with Crippen molar-refractivity contribution in [2.24, 2.45) is 0 Å². The standard InChI is InChI=1S/C11H19NO4S/c1-16-6-5-12(9-4-7-17-8-9)10(13)2-3-11(14)15/h9H,2-8H2,1H3,(H,14,15). The average molecular weight is 261 g/mol. The lowest BCUT2D eigenvalue weighted by Crippen LogP contribution is -2.42. The number of carboxylic acids is 1. The van der Waals surface area contributed by atoms with E-state index in [2.05, 4.69) is 0 Å². The van der Waals surface area contributed by atoms with Gasteiger partial charge in [-0.2, -0.15) is 11.8 Å². The molecule has 1 aliphatic rings.